The van der Waals surface area contributed by atoms with Crippen LogP contribution in [0.15, 0.2) is 30.3 Å². The molecule has 1 aromatic rings. The third-order valence-electron chi connectivity index (χ3n) is 6.50. The molecule has 1 heterocycles. The maximum absolute atomic E-state index is 12.6. The number of hydrogen-bond acceptors (Lipinski definition) is 3. The van der Waals surface area contributed by atoms with Gasteiger partial charge in [0.15, 0.2) is 0 Å². The zero-order valence-electron chi connectivity index (χ0n) is 15.2. The van der Waals surface area contributed by atoms with Gasteiger partial charge in [0.1, 0.15) is 0 Å². The number of carbonyl (C=O) groups is 1. The van der Waals surface area contributed by atoms with Crippen LogP contribution in [0.3, 0.4) is 0 Å². The highest BCUT2D eigenvalue weighted by Gasteiger charge is 2.41. The lowest BCUT2D eigenvalue weighted by atomic mass is 9.86. The summed E-state index contributed by atoms with van der Waals surface area (Å²) in [5, 5.41) is 0. The molecule has 5 nitrogen and oxygen atoms in total. The Morgan fingerprint density at radius 2 is 1.73 bits per heavy atom. The standard InChI is InChI=1S/C20H28N2O3S/c23-20(14-19-13-17-6-7-18(19)12-17)21-8-10-22(11-9-21)26(24,25)15-16-4-2-1-3-5-16/h1-5,17-19H,6-15H2. The lowest BCUT2D eigenvalue weighted by Crippen LogP contribution is -2.51. The van der Waals surface area contributed by atoms with Gasteiger partial charge in [0.2, 0.25) is 15.9 Å². The summed E-state index contributed by atoms with van der Waals surface area (Å²) in [5.41, 5.74) is 0.808. The first kappa shape index (κ1) is 18.0. The van der Waals surface area contributed by atoms with Crippen molar-refractivity contribution in [2.45, 2.75) is 37.9 Å². The molecule has 2 bridgehead atoms. The third kappa shape index (κ3) is 3.81. The highest BCUT2D eigenvalue weighted by molar-refractivity contribution is 7.88. The number of nitrogens with zero attached hydrogens (tertiary/aromatic N) is 2. The van der Waals surface area contributed by atoms with E-state index in [4.69, 9.17) is 0 Å². The number of amides is 1. The molecule has 0 spiro atoms. The van der Waals surface area contributed by atoms with Gasteiger partial charge in [-0.2, -0.15) is 4.31 Å². The van der Waals surface area contributed by atoms with Crippen molar-refractivity contribution >= 4 is 15.9 Å². The molecular weight excluding hydrogens is 348 g/mol. The van der Waals surface area contributed by atoms with E-state index in [1.807, 2.05) is 35.2 Å². The number of hydrogen-bond donors (Lipinski definition) is 0. The van der Waals surface area contributed by atoms with E-state index in [0.29, 0.717) is 38.5 Å². The van der Waals surface area contributed by atoms with E-state index in [9.17, 15) is 13.2 Å². The van der Waals surface area contributed by atoms with E-state index in [1.165, 1.54) is 25.7 Å². The molecule has 1 aliphatic heterocycles. The van der Waals surface area contributed by atoms with Gasteiger partial charge >= 0.3 is 0 Å². The molecular formula is C20H28N2O3S. The normalized spacial score (nSPS) is 29.2. The van der Waals surface area contributed by atoms with Crippen LogP contribution in [-0.2, 0) is 20.6 Å². The first-order valence-corrected chi connectivity index (χ1v) is 11.4. The molecule has 3 fully saturated rings. The van der Waals surface area contributed by atoms with Crippen LogP contribution in [0.5, 0.6) is 0 Å². The predicted octanol–water partition coefficient (Wildman–Crippen LogP) is 2.49. The van der Waals surface area contributed by atoms with Crippen LogP contribution in [0.25, 0.3) is 0 Å². The average Bonchev–Trinajstić information content (AvgIpc) is 3.25. The highest BCUT2D eigenvalue weighted by atomic mass is 32.2. The average molecular weight is 377 g/mol. The van der Waals surface area contributed by atoms with Gasteiger partial charge in [-0.05, 0) is 42.6 Å². The van der Waals surface area contributed by atoms with Crippen molar-refractivity contribution in [1.29, 1.82) is 0 Å². The first-order valence-electron chi connectivity index (χ1n) is 9.81. The summed E-state index contributed by atoms with van der Waals surface area (Å²) in [6.45, 7) is 1.87. The third-order valence-corrected chi connectivity index (χ3v) is 8.35. The van der Waals surface area contributed by atoms with Gasteiger partial charge in [0.25, 0.3) is 0 Å². The van der Waals surface area contributed by atoms with E-state index in [0.717, 1.165) is 17.4 Å². The lowest BCUT2D eigenvalue weighted by molar-refractivity contribution is -0.133. The van der Waals surface area contributed by atoms with Crippen molar-refractivity contribution in [1.82, 2.24) is 9.21 Å². The fourth-order valence-corrected chi connectivity index (χ4v) is 6.59. The molecule has 2 aliphatic carbocycles. The highest BCUT2D eigenvalue weighted by Crippen LogP contribution is 2.49. The van der Waals surface area contributed by atoms with Gasteiger partial charge in [0, 0.05) is 32.6 Å². The summed E-state index contributed by atoms with van der Waals surface area (Å²) >= 11 is 0. The molecule has 0 aromatic heterocycles. The minimum Gasteiger partial charge on any atom is -0.340 e. The quantitative estimate of drug-likeness (QED) is 0.793. The van der Waals surface area contributed by atoms with Crippen molar-refractivity contribution in [3.8, 4) is 0 Å². The minimum atomic E-state index is -3.32. The van der Waals surface area contributed by atoms with Crippen molar-refractivity contribution in [2.24, 2.45) is 17.8 Å². The number of piperazine rings is 1. The summed E-state index contributed by atoms with van der Waals surface area (Å²) < 4.78 is 26.8. The number of fused-ring (bicyclic) bond motifs is 2. The zero-order chi connectivity index (χ0) is 18.1. The van der Waals surface area contributed by atoms with Crippen LogP contribution in [0.4, 0.5) is 0 Å². The van der Waals surface area contributed by atoms with E-state index < -0.39 is 10.0 Å². The van der Waals surface area contributed by atoms with E-state index in [1.54, 1.807) is 4.31 Å². The number of benzene rings is 1. The Labute approximate surface area is 156 Å². The first-order chi connectivity index (χ1) is 12.5. The molecule has 142 valence electrons. The van der Waals surface area contributed by atoms with Gasteiger partial charge in [-0.15, -0.1) is 0 Å². The van der Waals surface area contributed by atoms with E-state index >= 15 is 0 Å². The van der Waals surface area contributed by atoms with Crippen LogP contribution in [0.2, 0.25) is 0 Å². The molecule has 1 saturated heterocycles. The van der Waals surface area contributed by atoms with Gasteiger partial charge < -0.3 is 4.90 Å². The summed E-state index contributed by atoms with van der Waals surface area (Å²) in [7, 11) is -3.32. The largest absolute Gasteiger partial charge is 0.340 e. The van der Waals surface area contributed by atoms with Crippen molar-refractivity contribution < 1.29 is 13.2 Å². The fourth-order valence-electron chi connectivity index (χ4n) is 5.07. The van der Waals surface area contributed by atoms with Gasteiger partial charge in [0.05, 0.1) is 5.75 Å². The topological polar surface area (TPSA) is 57.7 Å². The van der Waals surface area contributed by atoms with Crippen LogP contribution in [0.1, 0.15) is 37.7 Å². The summed E-state index contributed by atoms with van der Waals surface area (Å²) in [4.78, 5) is 14.5. The summed E-state index contributed by atoms with van der Waals surface area (Å²) in [6.07, 6.45) is 5.87. The Hall–Kier alpha value is -1.40. The second-order valence-electron chi connectivity index (χ2n) is 8.16. The molecule has 6 heteroatoms. The van der Waals surface area contributed by atoms with Gasteiger partial charge in [-0.25, -0.2) is 8.42 Å². The van der Waals surface area contributed by atoms with Crippen LogP contribution in [-0.4, -0.2) is 49.7 Å². The number of rotatable bonds is 5. The van der Waals surface area contributed by atoms with E-state index in [-0.39, 0.29) is 11.7 Å². The monoisotopic (exact) mass is 376 g/mol. The maximum Gasteiger partial charge on any atom is 0.222 e. The Kier molecular flexibility index (Phi) is 5.06. The van der Waals surface area contributed by atoms with Gasteiger partial charge in [-0.3, -0.25) is 4.79 Å². The summed E-state index contributed by atoms with van der Waals surface area (Å²) in [6, 6.07) is 9.28. The smallest absolute Gasteiger partial charge is 0.222 e. The Bertz CT molecular complexity index is 742. The SMILES string of the molecule is O=C(CC1CC2CCC1C2)N1CCN(S(=O)(=O)Cc2ccccc2)CC1. The molecule has 1 amide bonds. The second kappa shape index (κ2) is 7.31. The molecule has 1 aromatic carbocycles. The predicted molar refractivity (Wildman–Crippen MR) is 101 cm³/mol. The minimum absolute atomic E-state index is 0.0347. The number of sulfonamides is 1. The molecule has 2 saturated carbocycles. The van der Waals surface area contributed by atoms with Crippen LogP contribution >= 0.6 is 0 Å². The Morgan fingerprint density at radius 1 is 1.00 bits per heavy atom. The molecule has 4 rings (SSSR count). The lowest BCUT2D eigenvalue weighted by Gasteiger charge is -2.35. The zero-order valence-corrected chi connectivity index (χ0v) is 16.0. The van der Waals surface area contributed by atoms with E-state index in [2.05, 4.69) is 0 Å². The molecule has 3 atom stereocenters. The molecule has 26 heavy (non-hydrogen) atoms. The van der Waals surface area contributed by atoms with Crippen LogP contribution in [0, 0.1) is 17.8 Å². The molecule has 0 radical (unpaired) electrons. The van der Waals surface area contributed by atoms with Crippen molar-refractivity contribution in [3.63, 3.8) is 0 Å². The van der Waals surface area contributed by atoms with Crippen molar-refractivity contribution in [2.75, 3.05) is 26.2 Å². The Balaban J connectivity index is 1.29. The Morgan fingerprint density at radius 3 is 2.35 bits per heavy atom. The maximum atomic E-state index is 12.6. The van der Waals surface area contributed by atoms with Crippen LogP contribution < -0.4 is 0 Å². The van der Waals surface area contributed by atoms with Crippen molar-refractivity contribution in [3.05, 3.63) is 35.9 Å². The van der Waals surface area contributed by atoms with Gasteiger partial charge in [-0.1, -0.05) is 36.8 Å². The molecule has 3 unspecified atom stereocenters. The fraction of sp³-hybridized carbons (Fsp3) is 0.650. The molecule has 3 aliphatic rings. The molecule has 0 N–H and O–H groups in total. The summed E-state index contributed by atoms with van der Waals surface area (Å²) in [5.74, 6) is 2.45. The second-order valence-corrected chi connectivity index (χ2v) is 10.1. The number of carbonyl (C=O) groups excluding carboxylic acids is 1.